The van der Waals surface area contributed by atoms with E-state index in [1.165, 1.54) is 19.4 Å². The second-order valence-electron chi connectivity index (χ2n) is 10.6. The number of pyridine rings is 1. The highest BCUT2D eigenvalue weighted by molar-refractivity contribution is 5.73. The van der Waals surface area contributed by atoms with Crippen molar-refractivity contribution in [3.63, 3.8) is 0 Å². The van der Waals surface area contributed by atoms with Gasteiger partial charge in [-0.25, -0.2) is 14.4 Å². The number of benzene rings is 1. The molecule has 10 heteroatoms. The number of rotatable bonds is 6. The van der Waals surface area contributed by atoms with E-state index in [1.54, 1.807) is 24.4 Å². The molecule has 1 saturated carbocycles. The zero-order valence-corrected chi connectivity index (χ0v) is 20.9. The largest absolute Gasteiger partial charge is 0.507 e. The first kappa shape index (κ1) is 24.0. The van der Waals surface area contributed by atoms with Crippen molar-refractivity contribution in [3.8, 4) is 34.0 Å². The molecule has 2 bridgehead atoms. The molecule has 4 atom stereocenters. The molecule has 1 aromatic carbocycles. The Bertz CT molecular complexity index is 1300. The number of hydrogen-bond donors (Lipinski definition) is 2. The van der Waals surface area contributed by atoms with Crippen LogP contribution in [0.3, 0.4) is 0 Å². The second-order valence-corrected chi connectivity index (χ2v) is 10.6. The highest BCUT2D eigenvalue weighted by Crippen LogP contribution is 2.43. The number of hydrogen-bond acceptors (Lipinski definition) is 8. The summed E-state index contributed by atoms with van der Waals surface area (Å²) in [7, 11) is 1.37. The Hall–Kier alpha value is -3.40. The molecule has 3 aromatic rings. The van der Waals surface area contributed by atoms with Crippen LogP contribution in [-0.4, -0.2) is 62.2 Å². The first-order valence-electron chi connectivity index (χ1n) is 12.8. The van der Waals surface area contributed by atoms with Gasteiger partial charge in [0.25, 0.3) is 5.95 Å². The highest BCUT2D eigenvalue weighted by atomic mass is 19.1. The number of nitrogens with one attached hydrogen (secondary N) is 1. The van der Waals surface area contributed by atoms with E-state index in [9.17, 15) is 9.50 Å². The van der Waals surface area contributed by atoms with Gasteiger partial charge in [-0.15, -0.1) is 10.2 Å². The maximum absolute atomic E-state index is 15.8. The fourth-order valence-electron chi connectivity index (χ4n) is 5.93. The summed E-state index contributed by atoms with van der Waals surface area (Å²) in [5.41, 5.74) is 1.12. The van der Waals surface area contributed by atoms with Gasteiger partial charge in [0.1, 0.15) is 11.9 Å². The molecule has 1 aliphatic carbocycles. The number of alkyl halides is 1. The van der Waals surface area contributed by atoms with Crippen LogP contribution in [0.15, 0.2) is 36.7 Å². The number of phenolic OH excluding ortho intramolecular Hbond substituents is 1. The molecule has 0 amide bonds. The lowest BCUT2D eigenvalue weighted by Gasteiger charge is -2.52. The average molecular weight is 509 g/mol. The lowest BCUT2D eigenvalue weighted by atomic mass is 9.73. The van der Waals surface area contributed by atoms with Crippen molar-refractivity contribution in [1.82, 2.24) is 25.5 Å². The van der Waals surface area contributed by atoms with Gasteiger partial charge in [-0.05, 0) is 69.2 Å². The van der Waals surface area contributed by atoms with Gasteiger partial charge in [0.15, 0.2) is 17.4 Å². The summed E-state index contributed by atoms with van der Waals surface area (Å²) in [6.45, 7) is 2.00. The number of ether oxygens (including phenoxy) is 1. The molecule has 37 heavy (non-hydrogen) atoms. The van der Waals surface area contributed by atoms with Gasteiger partial charge in [0.05, 0.1) is 24.9 Å². The van der Waals surface area contributed by atoms with Crippen LogP contribution >= 0.6 is 0 Å². The Morgan fingerprint density at radius 1 is 1.11 bits per heavy atom. The van der Waals surface area contributed by atoms with Crippen LogP contribution < -0.4 is 15.0 Å². The van der Waals surface area contributed by atoms with Crippen LogP contribution in [0.4, 0.5) is 14.6 Å². The minimum absolute atomic E-state index is 0.0197. The topological polar surface area (TPSA) is 96.3 Å². The molecule has 2 aliphatic heterocycles. The number of aromatic nitrogens is 4. The summed E-state index contributed by atoms with van der Waals surface area (Å²) in [6, 6.07) is 6.80. The van der Waals surface area contributed by atoms with Gasteiger partial charge in [-0.3, -0.25) is 0 Å². The molecule has 2 saturated heterocycles. The molecule has 0 unspecified atom stereocenters. The van der Waals surface area contributed by atoms with Gasteiger partial charge in [0.2, 0.25) is 0 Å². The van der Waals surface area contributed by atoms with Crippen molar-refractivity contribution in [3.05, 3.63) is 42.6 Å². The van der Waals surface area contributed by atoms with Crippen LogP contribution in [0, 0.1) is 5.95 Å². The van der Waals surface area contributed by atoms with Crippen LogP contribution in [0.1, 0.15) is 45.4 Å². The average Bonchev–Trinajstić information content (AvgIpc) is 3.73. The van der Waals surface area contributed by atoms with Gasteiger partial charge in [0, 0.05) is 29.4 Å². The van der Waals surface area contributed by atoms with E-state index in [0.717, 1.165) is 38.5 Å². The number of halogens is 2. The smallest absolute Gasteiger partial charge is 0.255 e. The first-order valence-corrected chi connectivity index (χ1v) is 12.8. The fourth-order valence-corrected chi connectivity index (χ4v) is 5.93. The molecule has 0 radical (unpaired) electrons. The third-order valence-corrected chi connectivity index (χ3v) is 7.97. The third kappa shape index (κ3) is 4.37. The van der Waals surface area contributed by atoms with Crippen molar-refractivity contribution < 1.29 is 18.6 Å². The Kier molecular flexibility index (Phi) is 5.94. The van der Waals surface area contributed by atoms with E-state index >= 15 is 4.39 Å². The lowest BCUT2D eigenvalue weighted by Crippen LogP contribution is -2.69. The number of piperidine rings is 2. The quantitative estimate of drug-likeness (QED) is 0.472. The number of phenols is 1. The number of aromatic hydroxyl groups is 1. The summed E-state index contributed by atoms with van der Waals surface area (Å²) >= 11 is 0. The van der Waals surface area contributed by atoms with Crippen molar-refractivity contribution in [2.75, 3.05) is 12.0 Å². The summed E-state index contributed by atoms with van der Waals surface area (Å²) in [5, 5.41) is 23.0. The zero-order chi connectivity index (χ0) is 25.7. The third-order valence-electron chi connectivity index (χ3n) is 7.97. The van der Waals surface area contributed by atoms with E-state index in [0.29, 0.717) is 28.6 Å². The minimum atomic E-state index is -1.01. The Labute approximate surface area is 214 Å². The fraction of sp³-hybridized carbons (Fsp3) is 0.481. The van der Waals surface area contributed by atoms with Gasteiger partial charge in [-0.1, -0.05) is 6.07 Å². The van der Waals surface area contributed by atoms with E-state index in [-0.39, 0.29) is 29.4 Å². The monoisotopic (exact) mass is 508 g/mol. The summed E-state index contributed by atoms with van der Waals surface area (Å²) in [4.78, 5) is 10.3. The van der Waals surface area contributed by atoms with E-state index in [2.05, 4.69) is 30.4 Å². The van der Waals surface area contributed by atoms with Crippen molar-refractivity contribution in [1.29, 1.82) is 0 Å². The maximum Gasteiger partial charge on any atom is 0.255 e. The van der Waals surface area contributed by atoms with E-state index < -0.39 is 17.7 Å². The highest BCUT2D eigenvalue weighted by Gasteiger charge is 2.52. The summed E-state index contributed by atoms with van der Waals surface area (Å²) < 4.78 is 34.5. The van der Waals surface area contributed by atoms with Crippen molar-refractivity contribution in [2.24, 2.45) is 0 Å². The van der Waals surface area contributed by atoms with Gasteiger partial charge >= 0.3 is 0 Å². The minimum Gasteiger partial charge on any atom is -0.507 e. The maximum atomic E-state index is 15.8. The predicted molar refractivity (Wildman–Crippen MR) is 135 cm³/mol. The van der Waals surface area contributed by atoms with Gasteiger partial charge < -0.3 is 20.1 Å². The van der Waals surface area contributed by atoms with Crippen molar-refractivity contribution >= 4 is 5.82 Å². The standard InChI is InChI=1S/C27H30F2N6O2/c1-27-9-3-4-17(32-27)12-20(24(27)28)35(18-6-7-18)23-14-31-26(34-33-23)19-8-5-15(10-21(19)36)16-11-22(37-2)25(29)30-13-16/h5,8,10-11,13-14,17-18,20,24,32,36H,3-4,6-7,9,12H2,1-2H3/t17-,20+,24+,27-/m0/s1. The SMILES string of the molecule is COc1cc(-c2ccc(-c3ncc(N(C4CC4)[C@@H]4C[C@@H]5CCC[C@](C)(N5)[C@@H]4F)nn3)c(O)c2)cnc1F. The van der Waals surface area contributed by atoms with E-state index in [1.807, 2.05) is 6.92 Å². The second kappa shape index (κ2) is 9.16. The summed E-state index contributed by atoms with van der Waals surface area (Å²) in [6.07, 6.45) is 7.70. The number of anilines is 1. The lowest BCUT2D eigenvalue weighted by molar-refractivity contribution is 0.0385. The molecule has 8 nitrogen and oxygen atoms in total. The molecule has 0 spiro atoms. The van der Waals surface area contributed by atoms with Crippen LogP contribution in [0.5, 0.6) is 11.5 Å². The molecule has 3 aliphatic rings. The molecular weight excluding hydrogens is 478 g/mol. The van der Waals surface area contributed by atoms with Crippen molar-refractivity contribution in [2.45, 2.75) is 75.3 Å². The molecule has 3 fully saturated rings. The Balaban J connectivity index is 1.26. The predicted octanol–water partition coefficient (Wildman–Crippen LogP) is 4.43. The number of fused-ring (bicyclic) bond motifs is 2. The molecule has 194 valence electrons. The Morgan fingerprint density at radius 2 is 1.95 bits per heavy atom. The number of nitrogens with zero attached hydrogens (tertiary/aromatic N) is 5. The molecule has 4 heterocycles. The molecule has 2 N–H and O–H groups in total. The van der Waals surface area contributed by atoms with Crippen LogP contribution in [0.2, 0.25) is 0 Å². The van der Waals surface area contributed by atoms with Gasteiger partial charge in [-0.2, -0.15) is 4.39 Å². The first-order chi connectivity index (χ1) is 17.9. The molecule has 6 rings (SSSR count). The number of methoxy groups -OCH3 is 1. The van der Waals surface area contributed by atoms with E-state index in [4.69, 9.17) is 4.74 Å². The zero-order valence-electron chi connectivity index (χ0n) is 20.9. The van der Waals surface area contributed by atoms with Crippen LogP contribution in [0.25, 0.3) is 22.5 Å². The Morgan fingerprint density at radius 3 is 2.65 bits per heavy atom. The normalized spacial score (nSPS) is 27.1. The molecular formula is C27H30F2N6O2. The summed E-state index contributed by atoms with van der Waals surface area (Å²) in [5.74, 6) is 0.115. The molecule has 2 aromatic heterocycles. The van der Waals surface area contributed by atoms with Crippen LogP contribution in [-0.2, 0) is 0 Å².